The minimum Gasteiger partial charge on any atom is -0.311 e. The molecular weight excluding hydrogens is 1220 g/mol. The zero-order valence-electron chi connectivity index (χ0n) is 57.4. The first-order valence-corrected chi connectivity index (χ1v) is 35.5. The highest BCUT2D eigenvalue weighted by atomic mass is 15.1. The molecule has 3 aliphatic rings. The quantitative estimate of drug-likeness (QED) is 0.0730. The molecule has 1 heteroatoms. The average Bonchev–Trinajstić information content (AvgIpc) is 0.708. The molecular formula is C100H85N. The molecule has 0 aliphatic heterocycles. The maximum Gasteiger partial charge on any atom is 0.0701 e. The van der Waals surface area contributed by atoms with Gasteiger partial charge in [-0.05, 0) is 126 Å². The van der Waals surface area contributed by atoms with E-state index in [0.717, 1.165) is 6.42 Å². The Kier molecular flexibility index (Phi) is 22.6. The molecule has 1 nitrogen and oxygen atoms in total. The summed E-state index contributed by atoms with van der Waals surface area (Å²) >= 11 is 0. The van der Waals surface area contributed by atoms with Crippen molar-refractivity contribution in [3.63, 3.8) is 0 Å². The fourth-order valence-corrected chi connectivity index (χ4v) is 14.9. The molecule has 0 heterocycles. The van der Waals surface area contributed by atoms with Crippen LogP contribution in [0.3, 0.4) is 0 Å². The fraction of sp³-hybridized carbons (Fsp3) is 0.0800. The predicted octanol–water partition coefficient (Wildman–Crippen LogP) is 26.0. The number of benzene rings is 15. The van der Waals surface area contributed by atoms with E-state index in [0.29, 0.717) is 11.8 Å². The fourth-order valence-electron chi connectivity index (χ4n) is 14.9. The van der Waals surface area contributed by atoms with Crippen molar-refractivity contribution in [2.75, 3.05) is 4.90 Å². The smallest absolute Gasteiger partial charge is 0.0701 e. The Morgan fingerprint density at radius 3 is 0.634 bits per heavy atom. The first-order chi connectivity index (χ1) is 50.1. The van der Waals surface area contributed by atoms with Gasteiger partial charge in [-0.25, -0.2) is 0 Å². The van der Waals surface area contributed by atoms with Gasteiger partial charge < -0.3 is 4.90 Å². The molecule has 0 unspecified atom stereocenters. The molecule has 15 aromatic carbocycles. The van der Waals surface area contributed by atoms with Crippen LogP contribution in [-0.2, 0) is 10.8 Å². The van der Waals surface area contributed by atoms with Crippen molar-refractivity contribution in [2.24, 2.45) is 0 Å². The molecule has 3 aliphatic carbocycles. The molecule has 0 atom stereocenters. The standard InChI is InChI=1S/C25H20.C23H24.C20H14.C18H15N.C14H12/c1-5-13-21(14-6-1)25(22-15-7-2-8-16-22,23-17-9-3-10-18-23)24-19-11-4-12-20-24;1-2-3-19-23(20-13-7-4-8-14-20,21-15-9-5-10-16-21)22-17-11-6-12-18-22;1-2-8-14-13(7-1)19-15-9-3-5-11-17(15)20(14)18-12-6-4-10-16(18)19;1-4-10-16(11-5-1)19(17-12-6-2-7-13-17)18-14-8-3-9-15-18;1-3-7-13(8-4-1)11-12-14-9-5-2-6-10-14/h1-20H;4-18H,2-3,19H2,1H3;1-12,19-20H;1-15H;1-12H/b;;;;12-11+. The molecule has 0 saturated heterocycles. The normalized spacial score (nSPS) is 12.9. The average molecular weight is 1300 g/mol. The number of hydrogen-bond acceptors (Lipinski definition) is 1. The number of nitrogens with zero attached hydrogens (tertiary/aromatic N) is 1. The Balaban J connectivity index is 0.000000114. The van der Waals surface area contributed by atoms with Crippen molar-refractivity contribution in [3.05, 3.63) is 520 Å². The summed E-state index contributed by atoms with van der Waals surface area (Å²) in [6, 6.07) is 155. The van der Waals surface area contributed by atoms with E-state index < -0.39 is 0 Å². The Hall–Kier alpha value is -12.2. The molecule has 101 heavy (non-hydrogen) atoms. The zero-order valence-corrected chi connectivity index (χ0v) is 57.4. The lowest BCUT2D eigenvalue weighted by molar-refractivity contribution is 0.527. The topological polar surface area (TPSA) is 3.24 Å². The lowest BCUT2D eigenvalue weighted by Gasteiger charge is -2.42. The third-order valence-corrected chi connectivity index (χ3v) is 19.5. The second-order valence-electron chi connectivity index (χ2n) is 25.6. The second kappa shape index (κ2) is 33.9. The van der Waals surface area contributed by atoms with E-state index in [4.69, 9.17) is 0 Å². The maximum absolute atomic E-state index is 2.30. The van der Waals surface area contributed by atoms with Gasteiger partial charge in [0.15, 0.2) is 0 Å². The number of para-hydroxylation sites is 3. The van der Waals surface area contributed by atoms with Gasteiger partial charge in [0.2, 0.25) is 0 Å². The first kappa shape index (κ1) is 67.4. The van der Waals surface area contributed by atoms with Gasteiger partial charge in [-0.1, -0.05) is 432 Å². The van der Waals surface area contributed by atoms with Crippen molar-refractivity contribution in [1.29, 1.82) is 0 Å². The van der Waals surface area contributed by atoms with E-state index in [9.17, 15) is 0 Å². The molecule has 0 saturated carbocycles. The number of rotatable bonds is 15. The summed E-state index contributed by atoms with van der Waals surface area (Å²) in [4.78, 5) is 2.25. The molecule has 490 valence electrons. The van der Waals surface area contributed by atoms with Gasteiger partial charge in [0.1, 0.15) is 0 Å². The van der Waals surface area contributed by atoms with Crippen LogP contribution in [0.2, 0.25) is 0 Å². The monoisotopic (exact) mass is 1300 g/mol. The molecule has 0 fully saturated rings. The van der Waals surface area contributed by atoms with Gasteiger partial charge in [-0.2, -0.15) is 0 Å². The zero-order chi connectivity index (χ0) is 68.6. The third-order valence-electron chi connectivity index (χ3n) is 19.5. The van der Waals surface area contributed by atoms with Crippen LogP contribution in [0.1, 0.15) is 121 Å². The minimum atomic E-state index is -0.328. The van der Waals surface area contributed by atoms with Crippen molar-refractivity contribution in [2.45, 2.75) is 48.9 Å². The summed E-state index contributed by atoms with van der Waals surface area (Å²) in [5.74, 6) is 0.840. The van der Waals surface area contributed by atoms with Gasteiger partial charge in [-0.15, -0.1) is 0 Å². The number of hydrogen-bond donors (Lipinski definition) is 0. The Bertz CT molecular complexity index is 4340. The lowest BCUT2D eigenvalue weighted by Crippen LogP contribution is -2.30. The molecule has 0 N–H and O–H groups in total. The van der Waals surface area contributed by atoms with E-state index in [2.05, 4.69) is 406 Å². The van der Waals surface area contributed by atoms with Gasteiger partial charge in [-0.3, -0.25) is 0 Å². The molecule has 15 aromatic rings. The summed E-state index contributed by atoms with van der Waals surface area (Å²) in [6.45, 7) is 2.27. The van der Waals surface area contributed by atoms with Crippen LogP contribution in [0.25, 0.3) is 12.2 Å². The summed E-state index contributed by atoms with van der Waals surface area (Å²) < 4.78 is 0. The molecule has 0 aromatic heterocycles. The van der Waals surface area contributed by atoms with Crippen molar-refractivity contribution in [1.82, 2.24) is 0 Å². The van der Waals surface area contributed by atoms with Crippen molar-refractivity contribution in [3.8, 4) is 0 Å². The van der Waals surface area contributed by atoms with Crippen molar-refractivity contribution < 1.29 is 0 Å². The molecule has 2 bridgehead atoms. The van der Waals surface area contributed by atoms with Crippen LogP contribution in [-0.4, -0.2) is 0 Å². The van der Waals surface area contributed by atoms with Crippen LogP contribution in [0, 0.1) is 0 Å². The van der Waals surface area contributed by atoms with Gasteiger partial charge in [0.05, 0.1) is 5.41 Å². The van der Waals surface area contributed by atoms with Crippen LogP contribution in [0.5, 0.6) is 0 Å². The summed E-state index contributed by atoms with van der Waals surface area (Å²) in [7, 11) is 0. The highest BCUT2D eigenvalue weighted by Crippen LogP contribution is 2.55. The van der Waals surface area contributed by atoms with Gasteiger partial charge in [0.25, 0.3) is 0 Å². The minimum absolute atomic E-state index is 0.0697. The van der Waals surface area contributed by atoms with E-state index in [1.165, 1.54) is 113 Å². The van der Waals surface area contributed by atoms with E-state index in [1.807, 2.05) is 54.6 Å². The van der Waals surface area contributed by atoms with Crippen molar-refractivity contribution >= 4 is 29.2 Å². The molecule has 0 amide bonds. The lowest BCUT2D eigenvalue weighted by atomic mass is 9.61. The van der Waals surface area contributed by atoms with E-state index >= 15 is 0 Å². The summed E-state index contributed by atoms with van der Waals surface area (Å²) in [5, 5.41) is 0. The molecule has 0 spiro atoms. The Morgan fingerprint density at radius 2 is 0.416 bits per heavy atom. The van der Waals surface area contributed by atoms with Crippen LogP contribution < -0.4 is 4.90 Å². The third kappa shape index (κ3) is 15.4. The highest BCUT2D eigenvalue weighted by Gasteiger charge is 2.41. The van der Waals surface area contributed by atoms with E-state index in [-0.39, 0.29) is 10.8 Å². The van der Waals surface area contributed by atoms with Crippen LogP contribution >= 0.6 is 0 Å². The van der Waals surface area contributed by atoms with E-state index in [1.54, 1.807) is 0 Å². The number of unbranched alkanes of at least 4 members (excludes halogenated alkanes) is 1. The second-order valence-corrected chi connectivity index (χ2v) is 25.6. The van der Waals surface area contributed by atoms with Crippen LogP contribution in [0.4, 0.5) is 17.1 Å². The molecule has 18 rings (SSSR count). The number of anilines is 3. The SMILES string of the molecule is C(=C\c1ccccc1)/c1ccccc1.CCCCC(c1ccccc1)(c1ccccc1)c1ccccc1.c1ccc(C(c2ccccc2)(c2ccccc2)c2ccccc2)cc1.c1ccc(N(c2ccccc2)c2ccccc2)cc1.c1ccc2c(c1)C1c3ccccc3C2c2ccccc21. The Labute approximate surface area is 599 Å². The maximum atomic E-state index is 2.30. The largest absolute Gasteiger partial charge is 0.311 e. The summed E-state index contributed by atoms with van der Waals surface area (Å²) in [5.41, 5.74) is 23.8. The predicted molar refractivity (Wildman–Crippen MR) is 428 cm³/mol. The highest BCUT2D eigenvalue weighted by molar-refractivity contribution is 5.76. The molecule has 0 radical (unpaired) electrons. The van der Waals surface area contributed by atoms with Crippen LogP contribution in [0.15, 0.2) is 437 Å². The van der Waals surface area contributed by atoms with Gasteiger partial charge in [0, 0.05) is 34.3 Å². The first-order valence-electron chi connectivity index (χ1n) is 35.5. The Morgan fingerprint density at radius 1 is 0.228 bits per heavy atom. The summed E-state index contributed by atoms with van der Waals surface area (Å²) in [6.07, 6.45) is 7.78. The van der Waals surface area contributed by atoms with Gasteiger partial charge >= 0.3 is 0 Å².